The van der Waals surface area contributed by atoms with Crippen LogP contribution >= 0.6 is 15.9 Å². The SMILES string of the molecule is COc1ccc(Br)c(CNC2CC2(C)C)c1. The number of halogens is 1. The summed E-state index contributed by atoms with van der Waals surface area (Å²) in [5.41, 5.74) is 1.73. The Morgan fingerprint density at radius 1 is 1.50 bits per heavy atom. The third kappa shape index (κ3) is 2.58. The molecule has 1 saturated carbocycles. The third-order valence-electron chi connectivity index (χ3n) is 3.31. The van der Waals surface area contributed by atoms with Crippen LogP contribution in [0.3, 0.4) is 0 Å². The van der Waals surface area contributed by atoms with Crippen molar-refractivity contribution in [2.75, 3.05) is 7.11 Å². The van der Waals surface area contributed by atoms with E-state index in [1.807, 2.05) is 12.1 Å². The van der Waals surface area contributed by atoms with Crippen molar-refractivity contribution >= 4 is 15.9 Å². The standard InChI is InChI=1S/C13H18BrNO/c1-13(2)7-12(13)15-8-9-6-10(16-3)4-5-11(9)14/h4-6,12,15H,7-8H2,1-3H3. The minimum atomic E-state index is 0.478. The highest BCUT2D eigenvalue weighted by Gasteiger charge is 2.44. The fourth-order valence-corrected chi connectivity index (χ4v) is 2.25. The molecule has 1 unspecified atom stereocenters. The molecule has 16 heavy (non-hydrogen) atoms. The Morgan fingerprint density at radius 3 is 2.75 bits per heavy atom. The van der Waals surface area contributed by atoms with E-state index in [9.17, 15) is 0 Å². The minimum absolute atomic E-state index is 0.478. The molecular weight excluding hydrogens is 266 g/mol. The molecule has 1 aromatic carbocycles. The van der Waals surface area contributed by atoms with Crippen LogP contribution < -0.4 is 10.1 Å². The fraction of sp³-hybridized carbons (Fsp3) is 0.538. The zero-order valence-electron chi connectivity index (χ0n) is 10.0. The van der Waals surface area contributed by atoms with Gasteiger partial charge in [-0.2, -0.15) is 0 Å². The highest BCUT2D eigenvalue weighted by Crippen LogP contribution is 2.44. The number of hydrogen-bond donors (Lipinski definition) is 1. The number of ether oxygens (including phenoxy) is 1. The zero-order chi connectivity index (χ0) is 11.8. The summed E-state index contributed by atoms with van der Waals surface area (Å²) in [6, 6.07) is 6.74. The van der Waals surface area contributed by atoms with E-state index in [0.29, 0.717) is 11.5 Å². The van der Waals surface area contributed by atoms with Crippen LogP contribution in [0.5, 0.6) is 5.75 Å². The highest BCUT2D eigenvalue weighted by molar-refractivity contribution is 9.10. The van der Waals surface area contributed by atoms with E-state index in [1.165, 1.54) is 12.0 Å². The van der Waals surface area contributed by atoms with Crippen molar-refractivity contribution in [3.05, 3.63) is 28.2 Å². The molecule has 3 heteroatoms. The van der Waals surface area contributed by atoms with E-state index in [-0.39, 0.29) is 0 Å². The van der Waals surface area contributed by atoms with E-state index < -0.39 is 0 Å². The second kappa shape index (κ2) is 4.38. The molecule has 0 amide bonds. The molecule has 0 aliphatic heterocycles. The average molecular weight is 284 g/mol. The van der Waals surface area contributed by atoms with Gasteiger partial charge in [-0.05, 0) is 35.6 Å². The number of benzene rings is 1. The lowest BCUT2D eigenvalue weighted by Crippen LogP contribution is -2.20. The molecule has 1 aliphatic rings. The summed E-state index contributed by atoms with van der Waals surface area (Å²) in [6.45, 7) is 5.49. The predicted octanol–water partition coefficient (Wildman–Crippen LogP) is 3.35. The Bertz CT molecular complexity index is 390. The third-order valence-corrected chi connectivity index (χ3v) is 4.08. The molecule has 0 spiro atoms. The van der Waals surface area contributed by atoms with Gasteiger partial charge in [0.15, 0.2) is 0 Å². The molecule has 0 saturated heterocycles. The quantitative estimate of drug-likeness (QED) is 0.915. The van der Waals surface area contributed by atoms with Crippen molar-refractivity contribution in [3.8, 4) is 5.75 Å². The van der Waals surface area contributed by atoms with Crippen LogP contribution in [0, 0.1) is 5.41 Å². The van der Waals surface area contributed by atoms with Crippen molar-refractivity contribution in [3.63, 3.8) is 0 Å². The van der Waals surface area contributed by atoms with Gasteiger partial charge >= 0.3 is 0 Å². The molecule has 1 atom stereocenters. The Morgan fingerprint density at radius 2 is 2.19 bits per heavy atom. The van der Waals surface area contributed by atoms with E-state index in [1.54, 1.807) is 7.11 Å². The van der Waals surface area contributed by atoms with Gasteiger partial charge in [-0.25, -0.2) is 0 Å². The molecule has 1 fully saturated rings. The summed E-state index contributed by atoms with van der Waals surface area (Å²) >= 11 is 3.56. The fourth-order valence-electron chi connectivity index (χ4n) is 1.86. The Hall–Kier alpha value is -0.540. The van der Waals surface area contributed by atoms with E-state index in [2.05, 4.69) is 41.2 Å². The van der Waals surface area contributed by atoms with Crippen molar-refractivity contribution in [1.82, 2.24) is 5.32 Å². The molecule has 0 radical (unpaired) electrons. The number of methoxy groups -OCH3 is 1. The summed E-state index contributed by atoms with van der Waals surface area (Å²) in [5.74, 6) is 0.912. The lowest BCUT2D eigenvalue weighted by molar-refractivity contribution is 0.414. The first kappa shape index (κ1) is 11.9. The molecule has 0 aromatic heterocycles. The largest absolute Gasteiger partial charge is 0.497 e. The van der Waals surface area contributed by atoms with Crippen LogP contribution in [0.2, 0.25) is 0 Å². The van der Waals surface area contributed by atoms with Gasteiger partial charge in [0.05, 0.1) is 7.11 Å². The van der Waals surface area contributed by atoms with Crippen LogP contribution in [-0.4, -0.2) is 13.2 Å². The topological polar surface area (TPSA) is 21.3 Å². The molecule has 1 aliphatic carbocycles. The van der Waals surface area contributed by atoms with Crippen molar-refractivity contribution in [2.45, 2.75) is 32.9 Å². The van der Waals surface area contributed by atoms with Crippen LogP contribution in [0.15, 0.2) is 22.7 Å². The molecule has 0 bridgehead atoms. The lowest BCUT2D eigenvalue weighted by atomic mass is 10.1. The van der Waals surface area contributed by atoms with Gasteiger partial charge in [0.2, 0.25) is 0 Å². The molecular formula is C13H18BrNO. The van der Waals surface area contributed by atoms with Gasteiger partial charge < -0.3 is 10.1 Å². The molecule has 2 nitrogen and oxygen atoms in total. The van der Waals surface area contributed by atoms with Crippen LogP contribution in [-0.2, 0) is 6.54 Å². The van der Waals surface area contributed by atoms with Crippen molar-refractivity contribution in [2.24, 2.45) is 5.41 Å². The maximum absolute atomic E-state index is 5.22. The molecule has 1 aromatic rings. The molecule has 0 heterocycles. The Labute approximate surface area is 106 Å². The van der Waals surface area contributed by atoms with Crippen LogP contribution in [0.25, 0.3) is 0 Å². The van der Waals surface area contributed by atoms with Crippen molar-refractivity contribution in [1.29, 1.82) is 0 Å². The van der Waals surface area contributed by atoms with Gasteiger partial charge in [-0.1, -0.05) is 29.8 Å². The summed E-state index contributed by atoms with van der Waals surface area (Å²) in [7, 11) is 1.70. The van der Waals surface area contributed by atoms with E-state index in [4.69, 9.17) is 4.74 Å². The van der Waals surface area contributed by atoms with Gasteiger partial charge in [0.25, 0.3) is 0 Å². The molecule has 1 N–H and O–H groups in total. The van der Waals surface area contributed by atoms with Crippen LogP contribution in [0.1, 0.15) is 25.8 Å². The second-order valence-corrected chi connectivity index (χ2v) is 5.94. The monoisotopic (exact) mass is 283 g/mol. The summed E-state index contributed by atoms with van der Waals surface area (Å²) in [4.78, 5) is 0. The zero-order valence-corrected chi connectivity index (χ0v) is 11.6. The van der Waals surface area contributed by atoms with Gasteiger partial charge in [0, 0.05) is 17.1 Å². The van der Waals surface area contributed by atoms with E-state index in [0.717, 1.165) is 16.8 Å². The minimum Gasteiger partial charge on any atom is -0.497 e. The molecule has 88 valence electrons. The van der Waals surface area contributed by atoms with Gasteiger partial charge in [-0.3, -0.25) is 0 Å². The number of rotatable bonds is 4. The van der Waals surface area contributed by atoms with E-state index >= 15 is 0 Å². The summed E-state index contributed by atoms with van der Waals surface area (Å²) in [5, 5.41) is 3.57. The summed E-state index contributed by atoms with van der Waals surface area (Å²) < 4.78 is 6.36. The number of nitrogens with one attached hydrogen (secondary N) is 1. The average Bonchev–Trinajstić information content (AvgIpc) is 2.85. The maximum Gasteiger partial charge on any atom is 0.119 e. The Balaban J connectivity index is 1.98. The highest BCUT2D eigenvalue weighted by atomic mass is 79.9. The number of hydrogen-bond acceptors (Lipinski definition) is 2. The smallest absolute Gasteiger partial charge is 0.119 e. The second-order valence-electron chi connectivity index (χ2n) is 5.08. The maximum atomic E-state index is 5.22. The first-order valence-corrected chi connectivity index (χ1v) is 6.38. The lowest BCUT2D eigenvalue weighted by Gasteiger charge is -2.10. The summed E-state index contributed by atoms with van der Waals surface area (Å²) in [6.07, 6.45) is 1.27. The van der Waals surface area contributed by atoms with Crippen molar-refractivity contribution < 1.29 is 4.74 Å². The van der Waals surface area contributed by atoms with Gasteiger partial charge in [0.1, 0.15) is 5.75 Å². The van der Waals surface area contributed by atoms with Crippen LogP contribution in [0.4, 0.5) is 0 Å². The first-order valence-electron chi connectivity index (χ1n) is 5.59. The first-order chi connectivity index (χ1) is 7.53. The van der Waals surface area contributed by atoms with Gasteiger partial charge in [-0.15, -0.1) is 0 Å². The predicted molar refractivity (Wildman–Crippen MR) is 69.7 cm³/mol. The molecule has 2 rings (SSSR count). The Kier molecular flexibility index (Phi) is 3.27. The normalized spacial score (nSPS) is 21.9.